The van der Waals surface area contributed by atoms with Crippen molar-refractivity contribution in [3.05, 3.63) is 40.8 Å². The van der Waals surface area contributed by atoms with E-state index in [-0.39, 0.29) is 11.3 Å². The van der Waals surface area contributed by atoms with Crippen molar-refractivity contribution >= 4 is 17.2 Å². The fourth-order valence-corrected chi connectivity index (χ4v) is 4.92. The first kappa shape index (κ1) is 17.5. The van der Waals surface area contributed by atoms with Crippen LogP contribution in [0.2, 0.25) is 0 Å². The lowest BCUT2D eigenvalue weighted by Gasteiger charge is -2.37. The summed E-state index contributed by atoms with van der Waals surface area (Å²) in [5, 5.41) is 6.53. The molecule has 138 valence electrons. The second kappa shape index (κ2) is 7.39. The fourth-order valence-electron chi connectivity index (χ4n) is 3.80. The lowest BCUT2D eigenvalue weighted by molar-refractivity contribution is 0.0512. The third-order valence-electron chi connectivity index (χ3n) is 5.29. The first-order valence-corrected chi connectivity index (χ1v) is 9.85. The normalized spacial score (nSPS) is 17.7. The summed E-state index contributed by atoms with van der Waals surface area (Å²) in [6.07, 6.45) is 2.03. The topological polar surface area (TPSA) is 59.6 Å². The number of rotatable bonds is 5. The van der Waals surface area contributed by atoms with Crippen LogP contribution in [-0.4, -0.2) is 39.3 Å². The Kier molecular flexibility index (Phi) is 4.98. The number of hydrogen-bond acceptors (Lipinski definition) is 5. The van der Waals surface area contributed by atoms with Gasteiger partial charge in [0.15, 0.2) is 0 Å². The molecule has 2 aliphatic heterocycles. The molecule has 4 rings (SSSR count). The van der Waals surface area contributed by atoms with Crippen LogP contribution in [0.15, 0.2) is 30.3 Å². The van der Waals surface area contributed by atoms with Gasteiger partial charge in [0, 0.05) is 35.1 Å². The molecule has 0 saturated carbocycles. The van der Waals surface area contributed by atoms with Crippen LogP contribution in [0.4, 0.5) is 0 Å². The summed E-state index contributed by atoms with van der Waals surface area (Å²) in [7, 11) is 1.73. The van der Waals surface area contributed by atoms with Gasteiger partial charge in [0.25, 0.3) is 5.91 Å². The van der Waals surface area contributed by atoms with Crippen LogP contribution in [0.5, 0.6) is 5.75 Å². The second-order valence-electron chi connectivity index (χ2n) is 7.12. The highest BCUT2D eigenvalue weighted by Gasteiger charge is 2.33. The van der Waals surface area contributed by atoms with Crippen LogP contribution in [0.25, 0.3) is 10.4 Å². The molecule has 0 unspecified atom stereocenters. The maximum atomic E-state index is 12.8. The Morgan fingerprint density at radius 3 is 2.96 bits per heavy atom. The number of thiophene rings is 1. The van der Waals surface area contributed by atoms with Gasteiger partial charge < -0.3 is 20.1 Å². The molecular formula is C20H24N2O3S. The Bertz CT molecular complexity index is 791. The number of methoxy groups -OCH3 is 1. The Morgan fingerprint density at radius 1 is 1.35 bits per heavy atom. The van der Waals surface area contributed by atoms with Gasteiger partial charge in [-0.05, 0) is 44.1 Å². The largest absolute Gasteiger partial charge is 0.488 e. The van der Waals surface area contributed by atoms with E-state index in [9.17, 15) is 4.79 Å². The summed E-state index contributed by atoms with van der Waals surface area (Å²) in [5.74, 6) is 0.887. The highest BCUT2D eigenvalue weighted by Crippen LogP contribution is 2.42. The van der Waals surface area contributed by atoms with E-state index in [1.165, 1.54) is 0 Å². The minimum Gasteiger partial charge on any atom is -0.488 e. The Balaban J connectivity index is 1.49. The number of piperidine rings is 1. The van der Waals surface area contributed by atoms with Gasteiger partial charge in [-0.1, -0.05) is 12.1 Å². The van der Waals surface area contributed by atoms with E-state index in [4.69, 9.17) is 9.47 Å². The van der Waals surface area contributed by atoms with Crippen LogP contribution in [0.1, 0.15) is 28.1 Å². The van der Waals surface area contributed by atoms with Crippen LogP contribution in [-0.2, 0) is 11.3 Å². The number of amides is 1. The molecule has 1 aromatic heterocycles. The fraction of sp³-hybridized carbons (Fsp3) is 0.450. The Hall–Kier alpha value is -1.89. The lowest BCUT2D eigenvalue weighted by atomic mass is 9.79. The Morgan fingerprint density at radius 2 is 2.15 bits per heavy atom. The molecular weight excluding hydrogens is 348 g/mol. The average molecular weight is 372 g/mol. The molecule has 0 spiro atoms. The molecule has 5 nitrogen and oxygen atoms in total. The zero-order valence-electron chi connectivity index (χ0n) is 15.0. The van der Waals surface area contributed by atoms with Crippen molar-refractivity contribution in [3.63, 3.8) is 0 Å². The van der Waals surface area contributed by atoms with Crippen molar-refractivity contribution in [1.82, 2.24) is 10.6 Å². The molecule has 0 aliphatic carbocycles. The summed E-state index contributed by atoms with van der Waals surface area (Å²) < 4.78 is 11.2. The molecule has 6 heteroatoms. The Labute approximate surface area is 157 Å². The SMILES string of the molecule is COCC1(CNC(=O)c2cc3c(s2)-c2ccccc2OC3)CCNCC1. The zero-order chi connectivity index (χ0) is 18.0. The predicted molar refractivity (Wildman–Crippen MR) is 103 cm³/mol. The summed E-state index contributed by atoms with van der Waals surface area (Å²) in [4.78, 5) is 14.7. The molecule has 1 fully saturated rings. The minimum absolute atomic E-state index is 0.00380. The van der Waals surface area contributed by atoms with E-state index in [0.717, 1.165) is 52.6 Å². The van der Waals surface area contributed by atoms with Gasteiger partial charge in [-0.25, -0.2) is 0 Å². The number of hydrogen-bond donors (Lipinski definition) is 2. The first-order chi connectivity index (χ1) is 12.7. The van der Waals surface area contributed by atoms with Crippen LogP contribution < -0.4 is 15.4 Å². The average Bonchev–Trinajstić information content (AvgIpc) is 3.12. The molecule has 0 bridgehead atoms. The maximum Gasteiger partial charge on any atom is 0.261 e. The van der Waals surface area contributed by atoms with Crippen LogP contribution >= 0.6 is 11.3 Å². The third-order valence-corrected chi connectivity index (χ3v) is 6.50. The van der Waals surface area contributed by atoms with Crippen molar-refractivity contribution in [2.24, 2.45) is 5.41 Å². The summed E-state index contributed by atoms with van der Waals surface area (Å²) in [6.45, 7) is 3.80. The molecule has 1 aromatic carbocycles. The van der Waals surface area contributed by atoms with Gasteiger partial charge in [-0.15, -0.1) is 11.3 Å². The standard InChI is InChI=1S/C20H24N2O3S/c1-24-13-20(6-8-21-9-7-20)12-22-19(23)17-10-14-11-25-16-5-3-2-4-15(16)18(14)26-17/h2-5,10,21H,6-9,11-13H2,1H3,(H,22,23). The maximum absolute atomic E-state index is 12.8. The number of ether oxygens (including phenoxy) is 2. The molecule has 1 saturated heterocycles. The van der Waals surface area contributed by atoms with Crippen LogP contribution in [0, 0.1) is 5.41 Å². The summed E-state index contributed by atoms with van der Waals surface area (Å²) in [6, 6.07) is 9.97. The summed E-state index contributed by atoms with van der Waals surface area (Å²) in [5.41, 5.74) is 2.20. The molecule has 2 aromatic rings. The zero-order valence-corrected chi connectivity index (χ0v) is 15.8. The van der Waals surface area contributed by atoms with Crippen molar-refractivity contribution < 1.29 is 14.3 Å². The monoisotopic (exact) mass is 372 g/mol. The molecule has 0 radical (unpaired) electrons. The van der Waals surface area contributed by atoms with E-state index in [1.54, 1.807) is 18.4 Å². The van der Waals surface area contributed by atoms with E-state index < -0.39 is 0 Å². The molecule has 0 atom stereocenters. The number of fused-ring (bicyclic) bond motifs is 3. The van der Waals surface area contributed by atoms with Gasteiger partial charge in [0.2, 0.25) is 0 Å². The number of carbonyl (C=O) groups is 1. The van der Waals surface area contributed by atoms with E-state index in [0.29, 0.717) is 19.8 Å². The summed E-state index contributed by atoms with van der Waals surface area (Å²) >= 11 is 1.55. The van der Waals surface area contributed by atoms with E-state index in [1.807, 2.05) is 30.3 Å². The number of benzene rings is 1. The van der Waals surface area contributed by atoms with Gasteiger partial charge >= 0.3 is 0 Å². The van der Waals surface area contributed by atoms with Gasteiger partial charge in [0.05, 0.1) is 11.5 Å². The third kappa shape index (κ3) is 3.37. The van der Waals surface area contributed by atoms with Crippen LogP contribution in [0.3, 0.4) is 0 Å². The predicted octanol–water partition coefficient (Wildman–Crippen LogP) is 3.05. The molecule has 2 N–H and O–H groups in total. The smallest absolute Gasteiger partial charge is 0.261 e. The van der Waals surface area contributed by atoms with Crippen molar-refractivity contribution in [2.75, 3.05) is 33.4 Å². The molecule has 26 heavy (non-hydrogen) atoms. The number of para-hydroxylation sites is 1. The molecule has 1 amide bonds. The highest BCUT2D eigenvalue weighted by molar-refractivity contribution is 7.17. The molecule has 2 aliphatic rings. The highest BCUT2D eigenvalue weighted by atomic mass is 32.1. The first-order valence-electron chi connectivity index (χ1n) is 9.04. The van der Waals surface area contributed by atoms with E-state index in [2.05, 4.69) is 10.6 Å². The van der Waals surface area contributed by atoms with Crippen molar-refractivity contribution in [2.45, 2.75) is 19.4 Å². The van der Waals surface area contributed by atoms with Gasteiger partial charge in [0.1, 0.15) is 12.4 Å². The minimum atomic E-state index is -0.00380. The van der Waals surface area contributed by atoms with Gasteiger partial charge in [-0.3, -0.25) is 4.79 Å². The quantitative estimate of drug-likeness (QED) is 0.847. The van der Waals surface area contributed by atoms with E-state index >= 15 is 0 Å². The van der Waals surface area contributed by atoms with Crippen molar-refractivity contribution in [3.8, 4) is 16.2 Å². The lowest BCUT2D eigenvalue weighted by Crippen LogP contribution is -2.47. The van der Waals surface area contributed by atoms with Gasteiger partial charge in [-0.2, -0.15) is 0 Å². The number of carbonyl (C=O) groups excluding carboxylic acids is 1. The van der Waals surface area contributed by atoms with Crippen molar-refractivity contribution in [1.29, 1.82) is 0 Å². The second-order valence-corrected chi connectivity index (χ2v) is 8.17. The number of nitrogens with one attached hydrogen (secondary N) is 2. The molecule has 3 heterocycles.